The lowest BCUT2D eigenvalue weighted by atomic mass is 9.49. The maximum absolute atomic E-state index is 14.4. The first-order chi connectivity index (χ1) is 29.1. The van der Waals surface area contributed by atoms with Crippen LogP contribution in [0.15, 0.2) is 36.4 Å². The van der Waals surface area contributed by atoms with E-state index < -0.39 is 76.4 Å². The van der Waals surface area contributed by atoms with Gasteiger partial charge in [0.15, 0.2) is 34.7 Å². The minimum Gasteiger partial charge on any atom is -0.507 e. The quantitative estimate of drug-likeness (QED) is 0.242. The van der Waals surface area contributed by atoms with Crippen molar-refractivity contribution in [2.45, 2.75) is 88.1 Å². The molecule has 6 aliphatic carbocycles. The van der Waals surface area contributed by atoms with Gasteiger partial charge in [-0.25, -0.2) is 0 Å². The second-order valence-corrected chi connectivity index (χ2v) is 19.6. The smallest absolute Gasteiger partial charge is 0.239 e. The summed E-state index contributed by atoms with van der Waals surface area (Å²) in [5.41, 5.74) is 0.233. The van der Waals surface area contributed by atoms with Gasteiger partial charge < -0.3 is 30.5 Å². The van der Waals surface area contributed by atoms with E-state index in [4.69, 9.17) is 4.74 Å². The molecule has 328 valence electrons. The van der Waals surface area contributed by atoms with Gasteiger partial charge in [-0.3, -0.25) is 38.7 Å². The van der Waals surface area contributed by atoms with Crippen LogP contribution >= 0.6 is 0 Å². The van der Waals surface area contributed by atoms with E-state index >= 15 is 0 Å². The van der Waals surface area contributed by atoms with Crippen LogP contribution in [0.2, 0.25) is 0 Å². The lowest BCUT2D eigenvalue weighted by molar-refractivity contribution is -0.197. The second kappa shape index (κ2) is 15.6. The van der Waals surface area contributed by atoms with Gasteiger partial charge in [-0.05, 0) is 117 Å². The van der Waals surface area contributed by atoms with E-state index in [1.165, 1.54) is 42.6 Å². The van der Waals surface area contributed by atoms with E-state index in [0.717, 1.165) is 44.4 Å². The Morgan fingerprint density at radius 1 is 0.951 bits per heavy atom. The number of hydrogen-bond acceptors (Lipinski definition) is 13. The van der Waals surface area contributed by atoms with Gasteiger partial charge in [0.1, 0.15) is 18.1 Å². The Labute approximate surface area is 356 Å². The zero-order valence-corrected chi connectivity index (χ0v) is 35.6. The molecule has 1 amide bonds. The van der Waals surface area contributed by atoms with Gasteiger partial charge in [-0.15, -0.1) is 0 Å². The Bertz CT molecular complexity index is 2140. The van der Waals surface area contributed by atoms with Crippen LogP contribution in [0.4, 0.5) is 0 Å². The van der Waals surface area contributed by atoms with Gasteiger partial charge in [0.2, 0.25) is 5.91 Å². The zero-order valence-electron chi connectivity index (χ0n) is 35.6. The minimum atomic E-state index is -3.00. The van der Waals surface area contributed by atoms with Crippen molar-refractivity contribution in [2.75, 3.05) is 60.1 Å². The summed E-state index contributed by atoms with van der Waals surface area (Å²) < 4.78 is 6.25. The molecule has 0 aromatic heterocycles. The largest absolute Gasteiger partial charge is 0.507 e. The number of nitrogens with zero attached hydrogens (tertiary/aromatic N) is 3. The SMILES string of the molecule is CC1c2cccc(O)c2C(=O)C2C(=O)C3(O)C(=O)C(C(=O)NCN4CCN(CCOc5ccc6c(c5)CCC5C6CCC6(C)C(O)CCC56)CC4)C(=O)C(N(C)C)C3C(O)C21. The van der Waals surface area contributed by atoms with Crippen LogP contribution in [0.25, 0.3) is 0 Å². The third kappa shape index (κ3) is 6.53. The molecule has 2 aromatic carbocycles. The standard InChI is InChI=1S/C47H60N4O10/c1-24-27-6-5-7-32(52)35(27)40(54)36-34(24)41(55)38-39(49(3)4)42(56)37(44(58)47(38,60)43(36)57)45(59)48-23-51-18-16-50(17-19-51)20-21-61-26-9-11-28-25(22-26)8-10-30-29(28)14-15-46(2)31(30)12-13-33(46)53/h5-7,9,11,22,24,29-31,33-34,36-39,41,52-53,55,60H,8,10,12-21,23H2,1-4H3,(H,48,59). The Hall–Kier alpha value is -4.05. The van der Waals surface area contributed by atoms with E-state index in [2.05, 4.69) is 35.3 Å². The number of aliphatic hydroxyl groups is 3. The molecule has 0 spiro atoms. The summed E-state index contributed by atoms with van der Waals surface area (Å²) >= 11 is 0. The number of likely N-dealkylation sites (N-methyl/N-ethyl adjacent to an activating group) is 1. The molecule has 0 radical (unpaired) electrons. The molecule has 13 atom stereocenters. The van der Waals surface area contributed by atoms with E-state index in [1.807, 2.05) is 4.90 Å². The number of carbonyl (C=O) groups excluding carboxylic acids is 5. The molecule has 5 N–H and O–H groups in total. The van der Waals surface area contributed by atoms with Crippen molar-refractivity contribution in [3.8, 4) is 11.5 Å². The molecular formula is C47H60N4O10. The fraction of sp³-hybridized carbons (Fsp3) is 0.638. The predicted molar refractivity (Wildman–Crippen MR) is 222 cm³/mol. The number of Topliss-reactive ketones (excluding diaryl/α,β-unsaturated/α-hetero) is 4. The maximum Gasteiger partial charge on any atom is 0.239 e. The highest BCUT2D eigenvalue weighted by atomic mass is 16.5. The summed E-state index contributed by atoms with van der Waals surface area (Å²) in [7, 11) is 3.03. The van der Waals surface area contributed by atoms with Gasteiger partial charge in [0.05, 0.1) is 42.3 Å². The van der Waals surface area contributed by atoms with Gasteiger partial charge in [0, 0.05) is 38.6 Å². The molecule has 1 aliphatic heterocycles. The Balaban J connectivity index is 0.795. The van der Waals surface area contributed by atoms with Crippen molar-refractivity contribution in [1.29, 1.82) is 0 Å². The summed E-state index contributed by atoms with van der Waals surface area (Å²) in [5, 5.41) is 48.1. The number of amides is 1. The predicted octanol–water partition coefficient (Wildman–Crippen LogP) is 1.90. The number of aryl methyl sites for hydroxylation is 1. The molecule has 0 bridgehead atoms. The third-order valence-corrected chi connectivity index (χ3v) is 16.6. The molecule has 2 aromatic rings. The normalized spacial score (nSPS) is 38.5. The topological polar surface area (TPSA) is 197 Å². The number of ether oxygens (including phenoxy) is 1. The fourth-order valence-electron chi connectivity index (χ4n) is 13.3. The van der Waals surface area contributed by atoms with Gasteiger partial charge >= 0.3 is 0 Å². The van der Waals surface area contributed by atoms with E-state index in [9.17, 15) is 44.4 Å². The van der Waals surface area contributed by atoms with Crippen LogP contribution < -0.4 is 10.1 Å². The van der Waals surface area contributed by atoms with Crippen molar-refractivity contribution >= 4 is 29.0 Å². The number of aromatic hydroxyl groups is 1. The highest BCUT2D eigenvalue weighted by Gasteiger charge is 2.73. The van der Waals surface area contributed by atoms with Crippen molar-refractivity contribution in [3.05, 3.63) is 58.7 Å². The highest BCUT2D eigenvalue weighted by Crippen LogP contribution is 2.61. The number of aliphatic hydroxyl groups excluding tert-OH is 2. The molecule has 13 unspecified atom stereocenters. The van der Waals surface area contributed by atoms with Crippen LogP contribution in [-0.2, 0) is 25.6 Å². The molecule has 4 saturated carbocycles. The summed E-state index contributed by atoms with van der Waals surface area (Å²) in [6.45, 7) is 7.87. The molecule has 5 fully saturated rings. The number of rotatable bonds is 8. The van der Waals surface area contributed by atoms with Crippen molar-refractivity contribution < 1.29 is 49.1 Å². The number of hydrogen-bond donors (Lipinski definition) is 5. The third-order valence-electron chi connectivity index (χ3n) is 16.6. The lowest BCUT2D eigenvalue weighted by Crippen LogP contribution is -2.77. The average molecular weight is 841 g/mol. The molecule has 7 aliphatic rings. The summed E-state index contributed by atoms with van der Waals surface area (Å²) in [5.74, 6) is -9.83. The minimum absolute atomic E-state index is 0.0274. The van der Waals surface area contributed by atoms with Gasteiger partial charge in [-0.2, -0.15) is 0 Å². The van der Waals surface area contributed by atoms with E-state index in [-0.39, 0.29) is 29.5 Å². The maximum atomic E-state index is 14.4. The molecule has 14 nitrogen and oxygen atoms in total. The number of nitrogens with one attached hydrogen (secondary N) is 1. The van der Waals surface area contributed by atoms with Crippen LogP contribution in [0.5, 0.6) is 11.5 Å². The van der Waals surface area contributed by atoms with Crippen molar-refractivity contribution in [3.63, 3.8) is 0 Å². The van der Waals surface area contributed by atoms with Crippen LogP contribution in [0.1, 0.15) is 84.8 Å². The zero-order chi connectivity index (χ0) is 43.3. The van der Waals surface area contributed by atoms with Crippen molar-refractivity contribution in [1.82, 2.24) is 20.0 Å². The lowest BCUT2D eigenvalue weighted by Gasteiger charge is -2.56. The number of piperazine rings is 1. The van der Waals surface area contributed by atoms with E-state index in [0.29, 0.717) is 56.1 Å². The molecule has 14 heteroatoms. The Kier molecular flexibility index (Phi) is 10.8. The van der Waals surface area contributed by atoms with Gasteiger partial charge in [0.25, 0.3) is 0 Å². The Morgan fingerprint density at radius 2 is 1.69 bits per heavy atom. The van der Waals surface area contributed by atoms with Gasteiger partial charge in [-0.1, -0.05) is 32.0 Å². The number of phenolic OH excluding ortho intramolecular Hbond substituents is 1. The first kappa shape index (κ1) is 42.3. The Morgan fingerprint density at radius 3 is 2.43 bits per heavy atom. The molecule has 9 rings (SSSR count). The number of benzene rings is 2. The second-order valence-electron chi connectivity index (χ2n) is 19.6. The first-order valence-corrected chi connectivity index (χ1v) is 22.3. The number of ketones is 4. The molecule has 1 saturated heterocycles. The summed E-state index contributed by atoms with van der Waals surface area (Å²) in [6, 6.07) is 9.69. The summed E-state index contributed by atoms with van der Waals surface area (Å²) in [4.78, 5) is 76.0. The average Bonchev–Trinajstić information content (AvgIpc) is 3.55. The fourth-order valence-corrected chi connectivity index (χ4v) is 13.3. The first-order valence-electron chi connectivity index (χ1n) is 22.3. The van der Waals surface area contributed by atoms with Crippen LogP contribution in [0, 0.1) is 40.9 Å². The number of fused-ring (bicyclic) bond motifs is 8. The molecule has 1 heterocycles. The van der Waals surface area contributed by atoms with Crippen LogP contribution in [0.3, 0.4) is 0 Å². The van der Waals surface area contributed by atoms with E-state index in [1.54, 1.807) is 19.1 Å². The summed E-state index contributed by atoms with van der Waals surface area (Å²) in [6.07, 6.45) is 4.68. The number of phenols is 1. The van der Waals surface area contributed by atoms with Crippen molar-refractivity contribution in [2.24, 2.45) is 40.9 Å². The monoisotopic (exact) mass is 840 g/mol. The highest BCUT2D eigenvalue weighted by molar-refractivity contribution is 6.32. The number of carbonyl (C=O) groups is 5. The molecule has 61 heavy (non-hydrogen) atoms. The molecular weight excluding hydrogens is 781 g/mol. The van der Waals surface area contributed by atoms with Crippen LogP contribution in [-0.4, -0.2) is 148 Å².